The van der Waals surface area contributed by atoms with E-state index in [9.17, 15) is 9.59 Å². The molecule has 23 heavy (non-hydrogen) atoms. The van der Waals surface area contributed by atoms with Crippen molar-refractivity contribution >= 4 is 11.9 Å². The molecular weight excluding hydrogens is 294 g/mol. The average molecular weight is 319 g/mol. The molecule has 6 nitrogen and oxygen atoms in total. The Bertz CT molecular complexity index is 560. The lowest BCUT2D eigenvalue weighted by atomic mass is 10.1. The molecule has 1 fully saturated rings. The van der Waals surface area contributed by atoms with Crippen LogP contribution >= 0.6 is 0 Å². The fourth-order valence-electron chi connectivity index (χ4n) is 2.46. The summed E-state index contributed by atoms with van der Waals surface area (Å²) < 4.78 is 5.43. The summed E-state index contributed by atoms with van der Waals surface area (Å²) in [6.07, 6.45) is 0.0672. The molecule has 0 bridgehead atoms. The third-order valence-electron chi connectivity index (χ3n) is 3.58. The molecule has 0 unspecified atom stereocenters. The summed E-state index contributed by atoms with van der Waals surface area (Å²) in [5.41, 5.74) is 1.50. The van der Waals surface area contributed by atoms with E-state index < -0.39 is 0 Å². The van der Waals surface area contributed by atoms with Crippen LogP contribution in [0.4, 0.5) is 4.79 Å². The van der Waals surface area contributed by atoms with Crippen LogP contribution in [0.3, 0.4) is 0 Å². The van der Waals surface area contributed by atoms with E-state index in [1.807, 2.05) is 32.9 Å². The fourth-order valence-corrected chi connectivity index (χ4v) is 2.46. The van der Waals surface area contributed by atoms with Gasteiger partial charge in [-0.3, -0.25) is 4.79 Å². The summed E-state index contributed by atoms with van der Waals surface area (Å²) in [5, 5.41) is 5.76. The summed E-state index contributed by atoms with van der Waals surface area (Å²) in [7, 11) is 0. The first kappa shape index (κ1) is 17.3. The highest BCUT2D eigenvalue weighted by molar-refractivity contribution is 5.94. The van der Waals surface area contributed by atoms with Crippen molar-refractivity contribution in [1.82, 2.24) is 15.5 Å². The minimum absolute atomic E-state index is 0.0672. The van der Waals surface area contributed by atoms with Gasteiger partial charge in [0.05, 0.1) is 12.7 Å². The molecule has 1 atom stereocenters. The summed E-state index contributed by atoms with van der Waals surface area (Å²) >= 11 is 0. The molecular formula is C17H25N3O3. The van der Waals surface area contributed by atoms with Gasteiger partial charge in [0.15, 0.2) is 0 Å². The lowest BCUT2D eigenvalue weighted by Crippen LogP contribution is -2.48. The number of benzene rings is 1. The van der Waals surface area contributed by atoms with Gasteiger partial charge >= 0.3 is 6.03 Å². The van der Waals surface area contributed by atoms with Gasteiger partial charge in [-0.1, -0.05) is 12.1 Å². The molecule has 3 amide bonds. The second-order valence-electron chi connectivity index (χ2n) is 6.11. The number of ether oxygens (including phenoxy) is 1. The van der Waals surface area contributed by atoms with Crippen LogP contribution in [0, 0.1) is 0 Å². The van der Waals surface area contributed by atoms with E-state index in [-0.39, 0.29) is 24.1 Å². The molecule has 1 saturated heterocycles. The van der Waals surface area contributed by atoms with Gasteiger partial charge in [-0.2, -0.15) is 0 Å². The summed E-state index contributed by atoms with van der Waals surface area (Å²) in [4.78, 5) is 25.9. The molecule has 0 aromatic heterocycles. The Labute approximate surface area is 137 Å². The second kappa shape index (κ2) is 7.97. The molecule has 1 aromatic rings. The number of urea groups is 1. The van der Waals surface area contributed by atoms with Crippen molar-refractivity contribution in [2.75, 3.05) is 19.7 Å². The quantitative estimate of drug-likeness (QED) is 0.888. The van der Waals surface area contributed by atoms with Crippen molar-refractivity contribution in [3.8, 4) is 0 Å². The molecule has 2 N–H and O–H groups in total. The normalized spacial score (nSPS) is 17.9. The molecule has 0 aliphatic carbocycles. The topological polar surface area (TPSA) is 70.7 Å². The van der Waals surface area contributed by atoms with Crippen LogP contribution in [-0.2, 0) is 11.3 Å². The zero-order valence-corrected chi connectivity index (χ0v) is 14.0. The largest absolute Gasteiger partial charge is 0.375 e. The number of hydrogen-bond acceptors (Lipinski definition) is 3. The average Bonchev–Trinajstić information content (AvgIpc) is 2.52. The third kappa shape index (κ3) is 5.25. The third-order valence-corrected chi connectivity index (χ3v) is 3.58. The van der Waals surface area contributed by atoms with E-state index >= 15 is 0 Å². The first-order valence-electron chi connectivity index (χ1n) is 8.00. The molecule has 6 heteroatoms. The lowest BCUT2D eigenvalue weighted by molar-refractivity contribution is -0.00351. The van der Waals surface area contributed by atoms with Gasteiger partial charge in [0, 0.05) is 31.2 Å². The van der Waals surface area contributed by atoms with Crippen molar-refractivity contribution in [2.45, 2.75) is 39.5 Å². The van der Waals surface area contributed by atoms with Crippen LogP contribution in [0.2, 0.25) is 0 Å². The lowest BCUT2D eigenvalue weighted by Gasteiger charge is -2.31. The van der Waals surface area contributed by atoms with Crippen molar-refractivity contribution in [3.05, 3.63) is 35.4 Å². The van der Waals surface area contributed by atoms with E-state index in [1.54, 1.807) is 17.0 Å². The van der Waals surface area contributed by atoms with Gasteiger partial charge < -0.3 is 20.3 Å². The molecule has 1 aliphatic rings. The Morgan fingerprint density at radius 3 is 2.87 bits per heavy atom. The van der Waals surface area contributed by atoms with E-state index in [4.69, 9.17) is 4.74 Å². The number of carbonyl (C=O) groups excluding carboxylic acids is 2. The second-order valence-corrected chi connectivity index (χ2v) is 6.11. The Morgan fingerprint density at radius 2 is 2.17 bits per heavy atom. The monoisotopic (exact) mass is 319 g/mol. The van der Waals surface area contributed by atoms with Crippen LogP contribution in [0.15, 0.2) is 24.3 Å². The Balaban J connectivity index is 1.90. The van der Waals surface area contributed by atoms with Crippen LogP contribution in [0.25, 0.3) is 0 Å². The van der Waals surface area contributed by atoms with Gasteiger partial charge in [-0.25, -0.2) is 4.79 Å². The molecule has 2 rings (SSSR count). The maximum absolute atomic E-state index is 12.2. The maximum atomic E-state index is 12.2. The van der Waals surface area contributed by atoms with Crippen LogP contribution < -0.4 is 10.6 Å². The first-order chi connectivity index (χ1) is 11.0. The minimum atomic E-state index is -0.102. The zero-order valence-electron chi connectivity index (χ0n) is 14.0. The van der Waals surface area contributed by atoms with Crippen molar-refractivity contribution in [3.63, 3.8) is 0 Å². The smallest absolute Gasteiger partial charge is 0.317 e. The Kier molecular flexibility index (Phi) is 5.98. The minimum Gasteiger partial charge on any atom is -0.375 e. The van der Waals surface area contributed by atoms with Crippen molar-refractivity contribution in [1.29, 1.82) is 0 Å². The highest BCUT2D eigenvalue weighted by Crippen LogP contribution is 2.07. The van der Waals surface area contributed by atoms with E-state index in [0.29, 0.717) is 31.8 Å². The Morgan fingerprint density at radius 1 is 1.39 bits per heavy atom. The number of nitrogens with one attached hydrogen (secondary N) is 2. The predicted molar refractivity (Wildman–Crippen MR) is 88.3 cm³/mol. The molecule has 126 valence electrons. The number of rotatable bonds is 4. The number of morpholine rings is 1. The maximum Gasteiger partial charge on any atom is 0.317 e. The molecule has 1 aromatic carbocycles. The van der Waals surface area contributed by atoms with Crippen molar-refractivity contribution < 1.29 is 14.3 Å². The highest BCUT2D eigenvalue weighted by Gasteiger charge is 2.20. The van der Waals surface area contributed by atoms with Gasteiger partial charge in [-0.15, -0.1) is 0 Å². The standard InChI is InChI=1S/C17H25N3O3/c1-12(2)19-16(21)15-6-4-5-14(9-15)10-18-17(22)20-7-8-23-13(3)11-20/h4-6,9,12-13H,7-8,10-11H2,1-3H3,(H,18,22)(H,19,21)/t13-/m0/s1. The van der Waals surface area contributed by atoms with Gasteiger partial charge in [0.25, 0.3) is 5.91 Å². The van der Waals surface area contributed by atoms with E-state index in [1.165, 1.54) is 0 Å². The van der Waals surface area contributed by atoms with E-state index in [0.717, 1.165) is 5.56 Å². The van der Waals surface area contributed by atoms with Gasteiger partial charge in [-0.05, 0) is 38.5 Å². The molecule has 1 heterocycles. The molecule has 1 aliphatic heterocycles. The SMILES string of the molecule is CC(C)NC(=O)c1cccc(CNC(=O)N2CCO[C@@H](C)C2)c1. The first-order valence-corrected chi connectivity index (χ1v) is 8.00. The summed E-state index contributed by atoms with van der Waals surface area (Å²) in [6, 6.07) is 7.29. The molecule has 0 saturated carbocycles. The predicted octanol–water partition coefficient (Wildman–Crippen LogP) is 1.76. The Hall–Kier alpha value is -2.08. The number of amides is 3. The van der Waals surface area contributed by atoms with Gasteiger partial charge in [0.2, 0.25) is 0 Å². The number of carbonyl (C=O) groups is 2. The highest BCUT2D eigenvalue weighted by atomic mass is 16.5. The van der Waals surface area contributed by atoms with Gasteiger partial charge in [0.1, 0.15) is 0 Å². The van der Waals surface area contributed by atoms with E-state index in [2.05, 4.69) is 10.6 Å². The summed E-state index contributed by atoms with van der Waals surface area (Å²) in [6.45, 7) is 7.97. The molecule has 0 spiro atoms. The fraction of sp³-hybridized carbons (Fsp3) is 0.529. The van der Waals surface area contributed by atoms with Crippen LogP contribution in [0.1, 0.15) is 36.7 Å². The number of nitrogens with zero attached hydrogens (tertiary/aromatic N) is 1. The van der Waals surface area contributed by atoms with Crippen LogP contribution in [-0.4, -0.2) is 48.7 Å². The number of hydrogen-bond donors (Lipinski definition) is 2. The summed E-state index contributed by atoms with van der Waals surface area (Å²) in [5.74, 6) is -0.102. The molecule has 0 radical (unpaired) electrons. The van der Waals surface area contributed by atoms with Crippen LogP contribution in [0.5, 0.6) is 0 Å². The zero-order chi connectivity index (χ0) is 16.8. The van der Waals surface area contributed by atoms with Crippen molar-refractivity contribution in [2.24, 2.45) is 0 Å².